The molecule has 0 aromatic rings. The fourth-order valence-corrected chi connectivity index (χ4v) is 0.292. The number of rotatable bonds is 2. The summed E-state index contributed by atoms with van der Waals surface area (Å²) < 4.78 is 0. The van der Waals surface area contributed by atoms with Crippen molar-refractivity contribution in [3.63, 3.8) is 0 Å². The van der Waals surface area contributed by atoms with Gasteiger partial charge in [0.25, 0.3) is 0 Å². The second-order valence-corrected chi connectivity index (χ2v) is 2.98. The van der Waals surface area contributed by atoms with Gasteiger partial charge in [0.05, 0.1) is 0 Å². The lowest BCUT2D eigenvalue weighted by Gasteiger charge is -2.14. The molecule has 0 amide bonds. The molecule has 0 heterocycles. The van der Waals surface area contributed by atoms with E-state index in [9.17, 15) is 4.79 Å². The van der Waals surface area contributed by atoms with Gasteiger partial charge in [0.1, 0.15) is 6.61 Å². The lowest BCUT2D eigenvalue weighted by molar-refractivity contribution is -0.131. The van der Waals surface area contributed by atoms with Crippen molar-refractivity contribution >= 4 is 5.78 Å². The number of ketones is 1. The van der Waals surface area contributed by atoms with E-state index in [4.69, 9.17) is 5.90 Å². The summed E-state index contributed by atoms with van der Waals surface area (Å²) in [5, 5.41) is 0. The van der Waals surface area contributed by atoms with Crippen LogP contribution in [0.3, 0.4) is 0 Å². The Hall–Kier alpha value is -0.410. The van der Waals surface area contributed by atoms with Crippen LogP contribution in [-0.2, 0) is 9.63 Å². The van der Waals surface area contributed by atoms with Crippen molar-refractivity contribution in [2.75, 3.05) is 6.61 Å². The molecule has 0 rings (SSSR count). The molecule has 0 radical (unpaired) electrons. The minimum atomic E-state index is -0.334. The fourth-order valence-electron chi connectivity index (χ4n) is 0.292. The number of carbonyl (C=O) groups is 1. The van der Waals surface area contributed by atoms with Crippen molar-refractivity contribution in [3.05, 3.63) is 0 Å². The highest BCUT2D eigenvalue weighted by Gasteiger charge is 2.20. The van der Waals surface area contributed by atoms with Gasteiger partial charge in [0.2, 0.25) is 0 Å². The van der Waals surface area contributed by atoms with E-state index in [2.05, 4.69) is 4.84 Å². The van der Waals surface area contributed by atoms with Crippen LogP contribution in [0.5, 0.6) is 0 Å². The van der Waals surface area contributed by atoms with Crippen LogP contribution in [-0.4, -0.2) is 12.4 Å². The van der Waals surface area contributed by atoms with E-state index < -0.39 is 0 Å². The van der Waals surface area contributed by atoms with Crippen LogP contribution in [0.2, 0.25) is 0 Å². The molecule has 0 aliphatic heterocycles. The molecule has 0 aromatic heterocycles. The van der Waals surface area contributed by atoms with Gasteiger partial charge in [0.15, 0.2) is 5.78 Å². The lowest BCUT2D eigenvalue weighted by atomic mass is 9.91. The summed E-state index contributed by atoms with van der Waals surface area (Å²) in [6.07, 6.45) is 0. The summed E-state index contributed by atoms with van der Waals surface area (Å²) in [6, 6.07) is 0. The van der Waals surface area contributed by atoms with Crippen molar-refractivity contribution in [2.45, 2.75) is 20.8 Å². The molecule has 0 unspecified atom stereocenters. The van der Waals surface area contributed by atoms with Crippen LogP contribution in [0.4, 0.5) is 0 Å². The van der Waals surface area contributed by atoms with Gasteiger partial charge in [-0.2, -0.15) is 0 Å². The largest absolute Gasteiger partial charge is 0.297 e. The molecule has 2 N–H and O–H groups in total. The van der Waals surface area contributed by atoms with Gasteiger partial charge in [-0.25, -0.2) is 5.90 Å². The van der Waals surface area contributed by atoms with Crippen LogP contribution in [0.1, 0.15) is 20.8 Å². The van der Waals surface area contributed by atoms with Gasteiger partial charge < -0.3 is 0 Å². The smallest absolute Gasteiger partial charge is 0.165 e. The van der Waals surface area contributed by atoms with Crippen LogP contribution >= 0.6 is 0 Å². The molecule has 0 bridgehead atoms. The standard InChI is InChI=1S/C6H13NO2/c1-6(2,3)5(8)4-9-7/h4,7H2,1-3H3. The molecular formula is C6H13NO2. The van der Waals surface area contributed by atoms with Crippen molar-refractivity contribution in [2.24, 2.45) is 11.3 Å². The number of carbonyl (C=O) groups excluding carboxylic acids is 1. The first-order valence-electron chi connectivity index (χ1n) is 2.83. The summed E-state index contributed by atoms with van der Waals surface area (Å²) in [6.45, 7) is 5.49. The number of nitrogens with two attached hydrogens (primary N) is 1. The third kappa shape index (κ3) is 3.21. The highest BCUT2D eigenvalue weighted by atomic mass is 16.6. The Kier molecular flexibility index (Phi) is 2.81. The molecule has 0 saturated heterocycles. The first-order chi connectivity index (χ1) is 3.98. The van der Waals surface area contributed by atoms with Crippen LogP contribution in [0, 0.1) is 5.41 Å². The normalized spacial score (nSPS) is 11.6. The zero-order chi connectivity index (χ0) is 7.49. The molecule has 3 heteroatoms. The minimum Gasteiger partial charge on any atom is -0.297 e. The van der Waals surface area contributed by atoms with E-state index in [0.29, 0.717) is 0 Å². The van der Waals surface area contributed by atoms with Crippen molar-refractivity contribution < 1.29 is 9.63 Å². The molecule has 0 aliphatic carbocycles. The maximum Gasteiger partial charge on any atom is 0.165 e. The molecule has 0 fully saturated rings. The molecule has 0 atom stereocenters. The maximum absolute atomic E-state index is 10.9. The zero-order valence-corrected chi connectivity index (χ0v) is 6.10. The van der Waals surface area contributed by atoms with Gasteiger partial charge in [-0.1, -0.05) is 20.8 Å². The van der Waals surface area contributed by atoms with E-state index in [-0.39, 0.29) is 17.8 Å². The first kappa shape index (κ1) is 8.59. The molecule has 0 spiro atoms. The van der Waals surface area contributed by atoms with Gasteiger partial charge >= 0.3 is 0 Å². The Morgan fingerprint density at radius 1 is 1.56 bits per heavy atom. The first-order valence-corrected chi connectivity index (χ1v) is 2.83. The highest BCUT2D eigenvalue weighted by Crippen LogP contribution is 2.13. The van der Waals surface area contributed by atoms with E-state index in [0.717, 1.165) is 0 Å². The van der Waals surface area contributed by atoms with E-state index >= 15 is 0 Å². The summed E-state index contributed by atoms with van der Waals surface area (Å²) in [5.41, 5.74) is -0.334. The Morgan fingerprint density at radius 2 is 2.00 bits per heavy atom. The van der Waals surface area contributed by atoms with Gasteiger partial charge in [-0.3, -0.25) is 9.63 Å². The predicted molar refractivity (Wildman–Crippen MR) is 34.6 cm³/mol. The quantitative estimate of drug-likeness (QED) is 0.555. The SMILES string of the molecule is CC(C)(C)C(=O)CON. The average molecular weight is 131 g/mol. The summed E-state index contributed by atoms with van der Waals surface area (Å²) in [7, 11) is 0. The van der Waals surface area contributed by atoms with Crippen LogP contribution in [0.25, 0.3) is 0 Å². The number of hydrogen-bond acceptors (Lipinski definition) is 3. The topological polar surface area (TPSA) is 52.3 Å². The highest BCUT2D eigenvalue weighted by molar-refractivity contribution is 5.84. The summed E-state index contributed by atoms with van der Waals surface area (Å²) in [4.78, 5) is 15.0. The summed E-state index contributed by atoms with van der Waals surface area (Å²) in [5.74, 6) is 4.72. The van der Waals surface area contributed by atoms with Gasteiger partial charge in [-0.05, 0) is 0 Å². The Bertz CT molecular complexity index is 104. The van der Waals surface area contributed by atoms with Crippen molar-refractivity contribution in [3.8, 4) is 0 Å². The third-order valence-corrected chi connectivity index (χ3v) is 1.05. The second-order valence-electron chi connectivity index (χ2n) is 2.98. The molecule has 0 aliphatic rings. The predicted octanol–water partition coefficient (Wildman–Crippen LogP) is 0.492. The van der Waals surface area contributed by atoms with E-state index in [1.165, 1.54) is 0 Å². The second kappa shape index (κ2) is 2.94. The molecule has 9 heavy (non-hydrogen) atoms. The number of Topliss-reactive ketones (excluding diaryl/α,β-unsaturated/α-hetero) is 1. The molecule has 0 saturated carbocycles. The lowest BCUT2D eigenvalue weighted by Crippen LogP contribution is -2.26. The van der Waals surface area contributed by atoms with Crippen molar-refractivity contribution in [1.29, 1.82) is 0 Å². The van der Waals surface area contributed by atoms with Crippen LogP contribution < -0.4 is 5.90 Å². The fraction of sp³-hybridized carbons (Fsp3) is 0.833. The maximum atomic E-state index is 10.9. The monoisotopic (exact) mass is 131 g/mol. The third-order valence-electron chi connectivity index (χ3n) is 1.05. The summed E-state index contributed by atoms with van der Waals surface area (Å²) >= 11 is 0. The van der Waals surface area contributed by atoms with Crippen molar-refractivity contribution in [1.82, 2.24) is 0 Å². The molecular weight excluding hydrogens is 118 g/mol. The number of hydrogen-bond donors (Lipinski definition) is 1. The van der Waals surface area contributed by atoms with Crippen LogP contribution in [0.15, 0.2) is 0 Å². The van der Waals surface area contributed by atoms with E-state index in [1.807, 2.05) is 20.8 Å². The Balaban J connectivity index is 3.74. The Morgan fingerprint density at radius 3 is 2.11 bits per heavy atom. The average Bonchev–Trinajstić information content (AvgIpc) is 1.64. The molecule has 54 valence electrons. The minimum absolute atomic E-state index is 0.00347. The Labute approximate surface area is 55.1 Å². The molecule has 0 aromatic carbocycles. The van der Waals surface area contributed by atoms with Gasteiger partial charge in [-0.15, -0.1) is 0 Å². The zero-order valence-electron chi connectivity index (χ0n) is 6.10. The van der Waals surface area contributed by atoms with E-state index in [1.54, 1.807) is 0 Å². The molecule has 3 nitrogen and oxygen atoms in total. The van der Waals surface area contributed by atoms with Gasteiger partial charge in [0, 0.05) is 5.41 Å².